The van der Waals surface area contributed by atoms with Gasteiger partial charge in [-0.25, -0.2) is 4.68 Å². The van der Waals surface area contributed by atoms with Crippen molar-refractivity contribution in [2.75, 3.05) is 6.54 Å². The average molecular weight is 951 g/mol. The van der Waals surface area contributed by atoms with Crippen LogP contribution >= 0.6 is 0 Å². The van der Waals surface area contributed by atoms with Crippen LogP contribution in [0.15, 0.2) is 60.7 Å². The number of ketones is 4. The van der Waals surface area contributed by atoms with Crippen molar-refractivity contribution in [2.45, 2.75) is 176 Å². The Morgan fingerprint density at radius 1 is 0.812 bits per heavy atom. The number of nitrogens with one attached hydrogen (secondary N) is 1. The third kappa shape index (κ3) is 14.6. The molecule has 0 radical (unpaired) electrons. The molecule has 14 heteroatoms. The molecule has 2 aromatic carbocycles. The van der Waals surface area contributed by atoms with Crippen LogP contribution in [0.3, 0.4) is 0 Å². The number of aromatic nitrogens is 4. The van der Waals surface area contributed by atoms with E-state index >= 15 is 0 Å². The van der Waals surface area contributed by atoms with Crippen molar-refractivity contribution < 1.29 is 38.3 Å². The number of likely N-dealkylation sites (tertiary alicyclic amines) is 1. The molecule has 2 fully saturated rings. The first-order valence-electron chi connectivity index (χ1n) is 25.4. The van der Waals surface area contributed by atoms with E-state index in [-0.39, 0.29) is 79.2 Å². The van der Waals surface area contributed by atoms with Gasteiger partial charge < -0.3 is 15.0 Å². The SMILES string of the molecule is CCCC(CC(=O)C1[C@H]2CCC[C@H]2CN1C(=O)[C@@H](NC(=O)[C@@H](CC(=O)CCCCc1nnnn1C(C)(C)c1ccccc1)C(C)C)C(C)C)C(=O)C(=O)C[C@H](Cc1ccccc1)C(=O)OC(C)(C)C. The Labute approximate surface area is 409 Å². The zero-order chi connectivity index (χ0) is 50.6. The lowest BCUT2D eigenvalue weighted by Gasteiger charge is -2.33. The molecule has 1 aliphatic carbocycles. The molecule has 1 saturated heterocycles. The molecule has 5 rings (SSSR count). The van der Waals surface area contributed by atoms with Gasteiger partial charge in [-0.15, -0.1) is 5.10 Å². The van der Waals surface area contributed by atoms with Gasteiger partial charge in [0.2, 0.25) is 17.6 Å². The largest absolute Gasteiger partial charge is 0.460 e. The smallest absolute Gasteiger partial charge is 0.310 e. The van der Waals surface area contributed by atoms with E-state index < -0.39 is 58.5 Å². The predicted octanol–water partition coefficient (Wildman–Crippen LogP) is 8.27. The lowest BCUT2D eigenvalue weighted by Crippen LogP contribution is -2.56. The van der Waals surface area contributed by atoms with Crippen molar-refractivity contribution in [3.63, 3.8) is 0 Å². The van der Waals surface area contributed by atoms with E-state index in [0.717, 1.165) is 36.2 Å². The third-order valence-corrected chi connectivity index (χ3v) is 14.2. The van der Waals surface area contributed by atoms with Gasteiger partial charge in [0.1, 0.15) is 17.4 Å². The number of esters is 1. The first-order chi connectivity index (χ1) is 32.6. The number of benzene rings is 2. The topological polar surface area (TPSA) is 188 Å². The summed E-state index contributed by atoms with van der Waals surface area (Å²) in [6.07, 6.45) is 5.26. The summed E-state index contributed by atoms with van der Waals surface area (Å²) in [5.74, 6) is -5.22. The minimum atomic E-state index is -0.946. The lowest BCUT2D eigenvalue weighted by atomic mass is 9.83. The number of hydrogen-bond donors (Lipinski definition) is 1. The van der Waals surface area contributed by atoms with E-state index in [1.807, 2.05) is 100.0 Å². The van der Waals surface area contributed by atoms with Crippen LogP contribution in [0.5, 0.6) is 0 Å². The standard InChI is InChI=1S/C55H78N6O8/c1-11-21-38(50(65)46(64)32-40(53(68)69-54(6,7)8)30-37-22-14-12-15-23-37)31-45(63)49-43-28-20-24-39(43)34-60(49)52(67)48(36(4)5)56-51(66)44(35(2)3)33-42(62)27-18-19-29-47-57-58-59-61(47)55(9,10)41-25-16-13-17-26-41/h12-17,22-23,25-26,35-36,38-40,43-44,48-49H,11,18-21,24,27-34H2,1-10H3,(H,56,66)/t38?,39-,40-,43-,44-,48-,49?/m0/s1. The molecule has 2 heterocycles. The number of unbranched alkanes of at least 4 members (excludes halogenated alkanes) is 1. The lowest BCUT2D eigenvalue weighted by molar-refractivity contribution is -0.161. The molecule has 1 aliphatic heterocycles. The Morgan fingerprint density at radius 3 is 2.10 bits per heavy atom. The Hall–Kier alpha value is -5.40. The molecule has 3 aromatic rings. The Morgan fingerprint density at radius 2 is 1.48 bits per heavy atom. The number of Topliss-reactive ketones (excluding diaryl/α,β-unsaturated/α-hetero) is 4. The normalized spacial score (nSPS) is 18.9. The Kier molecular flexibility index (Phi) is 19.3. The van der Waals surface area contributed by atoms with Gasteiger partial charge in [0.05, 0.1) is 17.5 Å². The summed E-state index contributed by atoms with van der Waals surface area (Å²) in [5.41, 5.74) is 0.647. The van der Waals surface area contributed by atoms with Crippen molar-refractivity contribution in [1.82, 2.24) is 30.4 Å². The van der Waals surface area contributed by atoms with E-state index in [9.17, 15) is 33.6 Å². The zero-order valence-corrected chi connectivity index (χ0v) is 42.9. The van der Waals surface area contributed by atoms with Crippen molar-refractivity contribution in [3.05, 3.63) is 77.6 Å². The Balaban J connectivity index is 1.22. The first kappa shape index (κ1) is 54.5. The van der Waals surface area contributed by atoms with Crippen LogP contribution in [-0.2, 0) is 56.7 Å². The van der Waals surface area contributed by atoms with Gasteiger partial charge in [0.25, 0.3) is 0 Å². The molecule has 2 unspecified atom stereocenters. The molecule has 0 bridgehead atoms. The molecule has 7 atom stereocenters. The number of hydrogen-bond acceptors (Lipinski definition) is 11. The van der Waals surface area contributed by atoms with Crippen LogP contribution in [0, 0.1) is 41.4 Å². The van der Waals surface area contributed by atoms with Crippen LogP contribution in [0.1, 0.15) is 157 Å². The fourth-order valence-corrected chi connectivity index (χ4v) is 10.4. The maximum atomic E-state index is 14.7. The van der Waals surface area contributed by atoms with Crippen LogP contribution in [0.4, 0.5) is 0 Å². The minimum Gasteiger partial charge on any atom is -0.460 e. The summed E-state index contributed by atoms with van der Waals surface area (Å²) >= 11 is 0. The molecule has 1 saturated carbocycles. The molecule has 0 spiro atoms. The fourth-order valence-electron chi connectivity index (χ4n) is 10.4. The van der Waals surface area contributed by atoms with E-state index in [1.54, 1.807) is 25.7 Å². The molecule has 1 aromatic heterocycles. The van der Waals surface area contributed by atoms with Gasteiger partial charge in [-0.3, -0.25) is 33.6 Å². The van der Waals surface area contributed by atoms with Gasteiger partial charge in [0.15, 0.2) is 17.4 Å². The van der Waals surface area contributed by atoms with Gasteiger partial charge >= 0.3 is 5.97 Å². The molecular weight excluding hydrogens is 873 g/mol. The second-order valence-corrected chi connectivity index (χ2v) is 21.8. The molecular formula is C55H78N6O8. The van der Waals surface area contributed by atoms with E-state index in [2.05, 4.69) is 34.7 Å². The molecule has 1 N–H and O–H groups in total. The summed E-state index contributed by atoms with van der Waals surface area (Å²) in [4.78, 5) is 99.8. The van der Waals surface area contributed by atoms with Crippen LogP contribution in [0.25, 0.3) is 0 Å². The van der Waals surface area contributed by atoms with Gasteiger partial charge in [-0.05, 0) is 118 Å². The third-order valence-electron chi connectivity index (χ3n) is 14.2. The summed E-state index contributed by atoms with van der Waals surface area (Å²) in [6.45, 7) is 19.1. The number of carbonyl (C=O) groups excluding carboxylic acids is 7. The second-order valence-electron chi connectivity index (χ2n) is 21.8. The average Bonchev–Trinajstić information content (AvgIpc) is 4.05. The predicted molar refractivity (Wildman–Crippen MR) is 263 cm³/mol. The number of nitrogens with zero attached hydrogens (tertiary/aromatic N) is 5. The summed E-state index contributed by atoms with van der Waals surface area (Å²) in [7, 11) is 0. The number of ether oxygens (including phenoxy) is 1. The number of carbonyl (C=O) groups is 7. The van der Waals surface area contributed by atoms with Gasteiger partial charge in [0, 0.05) is 50.5 Å². The first-order valence-corrected chi connectivity index (χ1v) is 25.4. The number of fused-ring (bicyclic) bond motifs is 1. The van der Waals surface area contributed by atoms with Crippen molar-refractivity contribution in [2.24, 2.45) is 41.4 Å². The summed E-state index contributed by atoms with van der Waals surface area (Å²) in [6, 6.07) is 17.6. The van der Waals surface area contributed by atoms with E-state index in [1.165, 1.54) is 0 Å². The van der Waals surface area contributed by atoms with Crippen molar-refractivity contribution in [3.8, 4) is 0 Å². The van der Waals surface area contributed by atoms with Gasteiger partial charge in [-0.1, -0.05) is 108 Å². The molecule has 376 valence electrons. The molecule has 14 nitrogen and oxygen atoms in total. The van der Waals surface area contributed by atoms with Crippen LogP contribution in [-0.4, -0.2) is 90.3 Å². The number of amides is 2. The second kappa shape index (κ2) is 24.4. The van der Waals surface area contributed by atoms with Gasteiger partial charge in [-0.2, -0.15) is 0 Å². The summed E-state index contributed by atoms with van der Waals surface area (Å²) < 4.78 is 7.51. The highest BCUT2D eigenvalue weighted by molar-refractivity contribution is 6.38. The van der Waals surface area contributed by atoms with E-state index in [4.69, 9.17) is 4.74 Å². The quantitative estimate of drug-likeness (QED) is 0.0464. The number of aryl methyl sites for hydroxylation is 1. The maximum Gasteiger partial charge on any atom is 0.310 e. The Bertz CT molecular complexity index is 2230. The van der Waals surface area contributed by atoms with Crippen molar-refractivity contribution in [1.29, 1.82) is 0 Å². The van der Waals surface area contributed by atoms with Crippen LogP contribution in [0.2, 0.25) is 0 Å². The number of tetrazole rings is 1. The maximum absolute atomic E-state index is 14.7. The minimum absolute atomic E-state index is 0.0343. The number of rotatable bonds is 26. The highest BCUT2D eigenvalue weighted by Gasteiger charge is 2.51. The van der Waals surface area contributed by atoms with E-state index in [0.29, 0.717) is 38.6 Å². The molecule has 69 heavy (non-hydrogen) atoms. The van der Waals surface area contributed by atoms with Crippen LogP contribution < -0.4 is 5.32 Å². The molecule has 2 amide bonds. The zero-order valence-electron chi connectivity index (χ0n) is 42.9. The monoisotopic (exact) mass is 951 g/mol. The molecule has 2 aliphatic rings. The highest BCUT2D eigenvalue weighted by atomic mass is 16.6. The highest BCUT2D eigenvalue weighted by Crippen LogP contribution is 2.44. The summed E-state index contributed by atoms with van der Waals surface area (Å²) in [5, 5.41) is 15.5. The fraction of sp³-hybridized carbons (Fsp3) is 0.636. The van der Waals surface area contributed by atoms with Crippen molar-refractivity contribution >= 4 is 40.9 Å².